The average molecular weight is 311 g/mol. The fourth-order valence-corrected chi connectivity index (χ4v) is 2.11. The van der Waals surface area contributed by atoms with Crippen molar-refractivity contribution in [1.29, 1.82) is 0 Å². The van der Waals surface area contributed by atoms with E-state index in [1.54, 1.807) is 0 Å². The van der Waals surface area contributed by atoms with Crippen LogP contribution in [0.25, 0.3) is 0 Å². The summed E-state index contributed by atoms with van der Waals surface area (Å²) in [5, 5.41) is 0.743. The third kappa shape index (κ3) is 3.63. The Morgan fingerprint density at radius 3 is 2.67 bits per heavy atom. The molecule has 2 N–H and O–H groups in total. The van der Waals surface area contributed by atoms with Gasteiger partial charge in [0.25, 0.3) is 0 Å². The lowest BCUT2D eigenvalue weighted by molar-refractivity contribution is 0.597. The van der Waals surface area contributed by atoms with E-state index in [1.165, 1.54) is 18.4 Å². The summed E-state index contributed by atoms with van der Waals surface area (Å²) in [6, 6.07) is 6.10. The Bertz CT molecular complexity index is 339. The molecule has 84 valence electrons. The number of rotatable bonds is 3. The molecule has 0 aliphatic heterocycles. The number of halogens is 3. The second-order valence-electron chi connectivity index (χ2n) is 3.96. The molecule has 0 spiro atoms. The minimum absolute atomic E-state index is 0. The van der Waals surface area contributed by atoms with E-state index in [1.807, 2.05) is 18.2 Å². The van der Waals surface area contributed by atoms with Crippen LogP contribution in [-0.2, 0) is 0 Å². The van der Waals surface area contributed by atoms with Crippen LogP contribution in [0.3, 0.4) is 0 Å². The Morgan fingerprint density at radius 2 is 2.13 bits per heavy atom. The molecule has 1 saturated carbocycles. The van der Waals surface area contributed by atoms with E-state index in [9.17, 15) is 0 Å². The van der Waals surface area contributed by atoms with Gasteiger partial charge in [-0.25, -0.2) is 0 Å². The highest BCUT2D eigenvalue weighted by Crippen LogP contribution is 2.37. The molecule has 1 aliphatic rings. The minimum atomic E-state index is 0. The van der Waals surface area contributed by atoms with Crippen LogP contribution in [0.15, 0.2) is 22.7 Å². The predicted octanol–water partition coefficient (Wildman–Crippen LogP) is 4.32. The molecule has 0 unspecified atom stereocenters. The summed E-state index contributed by atoms with van der Waals surface area (Å²) < 4.78 is 0.933. The van der Waals surface area contributed by atoms with Gasteiger partial charge < -0.3 is 5.73 Å². The molecule has 1 fully saturated rings. The maximum absolute atomic E-state index is 6.09. The van der Waals surface area contributed by atoms with E-state index >= 15 is 0 Å². The Morgan fingerprint density at radius 1 is 1.47 bits per heavy atom. The Hall–Kier alpha value is 0.240. The largest absolute Gasteiger partial charge is 0.324 e. The first kappa shape index (κ1) is 13.3. The van der Waals surface area contributed by atoms with Gasteiger partial charge >= 0.3 is 0 Å². The predicted molar refractivity (Wildman–Crippen MR) is 70.7 cm³/mol. The number of nitrogens with two attached hydrogens (primary N) is 1. The van der Waals surface area contributed by atoms with Gasteiger partial charge in [0.2, 0.25) is 0 Å². The third-order valence-corrected chi connectivity index (χ3v) is 3.87. The van der Waals surface area contributed by atoms with Gasteiger partial charge in [0.05, 0.1) is 5.02 Å². The molecule has 0 saturated heterocycles. The normalized spacial score (nSPS) is 17.0. The summed E-state index contributed by atoms with van der Waals surface area (Å²) >= 11 is 9.32. The lowest BCUT2D eigenvalue weighted by Crippen LogP contribution is -2.10. The maximum atomic E-state index is 6.09. The van der Waals surface area contributed by atoms with Crippen molar-refractivity contribution in [3.63, 3.8) is 0 Å². The topological polar surface area (TPSA) is 26.0 Å². The highest BCUT2D eigenvalue weighted by molar-refractivity contribution is 9.10. The van der Waals surface area contributed by atoms with Gasteiger partial charge in [0.15, 0.2) is 0 Å². The van der Waals surface area contributed by atoms with Gasteiger partial charge in [0, 0.05) is 10.5 Å². The highest BCUT2D eigenvalue weighted by atomic mass is 79.9. The van der Waals surface area contributed by atoms with Crippen molar-refractivity contribution in [3.05, 3.63) is 33.3 Å². The fraction of sp³-hybridized carbons (Fsp3) is 0.455. The monoisotopic (exact) mass is 309 g/mol. The molecule has 0 aromatic heterocycles. The molecule has 1 aromatic carbocycles. The van der Waals surface area contributed by atoms with Crippen molar-refractivity contribution in [2.24, 2.45) is 11.7 Å². The molecule has 0 heterocycles. The first-order valence-corrected chi connectivity index (χ1v) is 6.04. The van der Waals surface area contributed by atoms with Crippen LogP contribution in [0.4, 0.5) is 0 Å². The van der Waals surface area contributed by atoms with E-state index < -0.39 is 0 Å². The summed E-state index contributed by atoms with van der Waals surface area (Å²) in [6.07, 6.45) is 3.80. The van der Waals surface area contributed by atoms with Gasteiger partial charge in [0.1, 0.15) is 0 Å². The average Bonchev–Trinajstić information content (AvgIpc) is 2.93. The van der Waals surface area contributed by atoms with Crippen LogP contribution < -0.4 is 5.73 Å². The summed E-state index contributed by atoms with van der Waals surface area (Å²) in [6.45, 7) is 0. The van der Waals surface area contributed by atoms with Gasteiger partial charge in [-0.3, -0.25) is 0 Å². The Labute approximate surface area is 110 Å². The Kier molecular flexibility index (Phi) is 4.91. The molecule has 1 aromatic rings. The standard InChI is InChI=1S/C11H13BrClN.ClH/c12-9-6-8(3-4-10(9)13)11(14)5-7-1-2-7;/h3-4,6-7,11H,1-2,5,14H2;1H/t11-;/m1./s1. The number of hydrogen-bond acceptors (Lipinski definition) is 1. The quantitative estimate of drug-likeness (QED) is 0.884. The van der Waals surface area contributed by atoms with E-state index in [0.717, 1.165) is 21.8 Å². The molecular weight excluding hydrogens is 297 g/mol. The lowest BCUT2D eigenvalue weighted by atomic mass is 10.0. The Balaban J connectivity index is 0.00000112. The van der Waals surface area contributed by atoms with Crippen molar-refractivity contribution < 1.29 is 0 Å². The second-order valence-corrected chi connectivity index (χ2v) is 5.22. The summed E-state index contributed by atoms with van der Waals surface area (Å²) in [7, 11) is 0. The van der Waals surface area contributed by atoms with Crippen molar-refractivity contribution in [1.82, 2.24) is 0 Å². The van der Waals surface area contributed by atoms with E-state index in [2.05, 4.69) is 15.9 Å². The van der Waals surface area contributed by atoms with Crippen LogP contribution in [-0.4, -0.2) is 0 Å². The van der Waals surface area contributed by atoms with Crippen LogP contribution in [0.1, 0.15) is 30.9 Å². The van der Waals surface area contributed by atoms with Crippen LogP contribution in [0.5, 0.6) is 0 Å². The first-order chi connectivity index (χ1) is 6.66. The zero-order chi connectivity index (χ0) is 10.1. The smallest absolute Gasteiger partial charge is 0.0548 e. The molecule has 0 amide bonds. The molecule has 1 nitrogen and oxygen atoms in total. The van der Waals surface area contributed by atoms with Crippen molar-refractivity contribution in [2.75, 3.05) is 0 Å². The van der Waals surface area contributed by atoms with Crippen LogP contribution in [0.2, 0.25) is 5.02 Å². The van der Waals surface area contributed by atoms with Gasteiger partial charge in [-0.2, -0.15) is 0 Å². The van der Waals surface area contributed by atoms with Crippen molar-refractivity contribution in [3.8, 4) is 0 Å². The van der Waals surface area contributed by atoms with Crippen LogP contribution in [0, 0.1) is 5.92 Å². The molecule has 15 heavy (non-hydrogen) atoms. The fourth-order valence-electron chi connectivity index (χ4n) is 1.59. The third-order valence-electron chi connectivity index (χ3n) is 2.66. The van der Waals surface area contributed by atoms with Gasteiger partial charge in [-0.05, 0) is 46.0 Å². The molecule has 0 bridgehead atoms. The molecule has 1 atom stereocenters. The zero-order valence-corrected chi connectivity index (χ0v) is 11.4. The minimum Gasteiger partial charge on any atom is -0.324 e. The zero-order valence-electron chi connectivity index (χ0n) is 8.25. The molecule has 1 aliphatic carbocycles. The molecule has 2 rings (SSSR count). The summed E-state index contributed by atoms with van der Waals surface area (Å²) in [5.41, 5.74) is 7.27. The van der Waals surface area contributed by atoms with E-state index in [4.69, 9.17) is 17.3 Å². The van der Waals surface area contributed by atoms with Crippen LogP contribution >= 0.6 is 39.9 Å². The molecular formula is C11H14BrCl2N. The summed E-state index contributed by atoms with van der Waals surface area (Å²) in [5.74, 6) is 0.861. The van der Waals surface area contributed by atoms with Gasteiger partial charge in [-0.1, -0.05) is 30.5 Å². The SMILES string of the molecule is Cl.N[C@H](CC1CC1)c1ccc(Cl)c(Br)c1. The first-order valence-electron chi connectivity index (χ1n) is 4.87. The highest BCUT2D eigenvalue weighted by Gasteiger charge is 2.24. The van der Waals surface area contributed by atoms with Gasteiger partial charge in [-0.15, -0.1) is 12.4 Å². The molecule has 4 heteroatoms. The number of hydrogen-bond donors (Lipinski definition) is 1. The van der Waals surface area contributed by atoms with E-state index in [-0.39, 0.29) is 18.4 Å². The lowest BCUT2D eigenvalue weighted by Gasteiger charge is -2.11. The summed E-state index contributed by atoms with van der Waals surface area (Å²) in [4.78, 5) is 0. The maximum Gasteiger partial charge on any atom is 0.0548 e. The molecule has 0 radical (unpaired) electrons. The number of benzene rings is 1. The second kappa shape index (κ2) is 5.53. The van der Waals surface area contributed by atoms with Crippen molar-refractivity contribution in [2.45, 2.75) is 25.3 Å². The van der Waals surface area contributed by atoms with Crippen molar-refractivity contribution >= 4 is 39.9 Å². The van der Waals surface area contributed by atoms with E-state index in [0.29, 0.717) is 0 Å².